The lowest BCUT2D eigenvalue weighted by Crippen LogP contribution is -2.06. The second kappa shape index (κ2) is 6.58. The van der Waals surface area contributed by atoms with Crippen molar-refractivity contribution in [3.63, 3.8) is 0 Å². The predicted octanol–water partition coefficient (Wildman–Crippen LogP) is 2.19. The van der Waals surface area contributed by atoms with Crippen LogP contribution in [0.5, 0.6) is 5.75 Å². The maximum absolute atomic E-state index is 11.3. The van der Waals surface area contributed by atoms with Gasteiger partial charge in [0, 0.05) is 12.5 Å². The van der Waals surface area contributed by atoms with Crippen LogP contribution < -0.4 is 0 Å². The fraction of sp³-hybridized carbons (Fsp3) is 0.417. The molecule has 0 unspecified atom stereocenters. The van der Waals surface area contributed by atoms with Crippen LogP contribution >= 0.6 is 0 Å². The molecule has 0 aliphatic heterocycles. The lowest BCUT2D eigenvalue weighted by atomic mass is 10.1. The van der Waals surface area contributed by atoms with Gasteiger partial charge >= 0.3 is 11.7 Å². The van der Waals surface area contributed by atoms with E-state index < -0.39 is 4.92 Å². The summed E-state index contributed by atoms with van der Waals surface area (Å²) in [5, 5.41) is 19.9. The minimum Gasteiger partial charge on any atom is -0.502 e. The Bertz CT molecular complexity index is 444. The van der Waals surface area contributed by atoms with Gasteiger partial charge in [0.1, 0.15) is 0 Å². The summed E-state index contributed by atoms with van der Waals surface area (Å²) in [6, 6.07) is 4.07. The van der Waals surface area contributed by atoms with Crippen LogP contribution in [0.25, 0.3) is 0 Å². The molecule has 0 fully saturated rings. The molecule has 6 nitrogen and oxygen atoms in total. The lowest BCUT2D eigenvalue weighted by molar-refractivity contribution is -0.385. The SMILES string of the molecule is CCCOC(=O)CCc1ccc(O)c([N+](=O)[O-])c1. The summed E-state index contributed by atoms with van der Waals surface area (Å²) in [5.41, 5.74) is 0.266. The number of benzene rings is 1. The van der Waals surface area contributed by atoms with Crippen molar-refractivity contribution in [2.45, 2.75) is 26.2 Å². The van der Waals surface area contributed by atoms with Crippen LogP contribution in [0.2, 0.25) is 0 Å². The Morgan fingerprint density at radius 2 is 2.22 bits per heavy atom. The number of nitro groups is 1. The number of phenols is 1. The topological polar surface area (TPSA) is 89.7 Å². The Morgan fingerprint density at radius 3 is 2.83 bits per heavy atom. The van der Waals surface area contributed by atoms with E-state index in [2.05, 4.69) is 0 Å². The molecule has 6 heteroatoms. The molecule has 0 spiro atoms. The highest BCUT2D eigenvalue weighted by molar-refractivity contribution is 5.69. The second-order valence-corrected chi connectivity index (χ2v) is 3.80. The van der Waals surface area contributed by atoms with Crippen molar-refractivity contribution in [1.82, 2.24) is 0 Å². The van der Waals surface area contributed by atoms with Crippen molar-refractivity contribution in [2.75, 3.05) is 6.61 Å². The van der Waals surface area contributed by atoms with Crippen molar-refractivity contribution in [3.8, 4) is 5.75 Å². The first-order valence-electron chi connectivity index (χ1n) is 5.66. The number of hydrogen-bond donors (Lipinski definition) is 1. The second-order valence-electron chi connectivity index (χ2n) is 3.80. The van der Waals surface area contributed by atoms with E-state index in [0.717, 1.165) is 6.42 Å². The zero-order valence-corrected chi connectivity index (χ0v) is 10.1. The predicted molar refractivity (Wildman–Crippen MR) is 64.3 cm³/mol. The summed E-state index contributed by atoms with van der Waals surface area (Å²) < 4.78 is 4.89. The molecule has 1 rings (SSSR count). The van der Waals surface area contributed by atoms with Crippen LogP contribution in [0.1, 0.15) is 25.3 Å². The van der Waals surface area contributed by atoms with Crippen molar-refractivity contribution in [3.05, 3.63) is 33.9 Å². The number of esters is 1. The molecule has 0 radical (unpaired) electrons. The molecule has 1 N–H and O–H groups in total. The highest BCUT2D eigenvalue weighted by atomic mass is 16.6. The third-order valence-corrected chi connectivity index (χ3v) is 2.32. The Labute approximate surface area is 104 Å². The van der Waals surface area contributed by atoms with Gasteiger partial charge in [-0.2, -0.15) is 0 Å². The molecular formula is C12H15NO5. The van der Waals surface area contributed by atoms with Crippen LogP contribution in [0, 0.1) is 10.1 Å². The molecule has 0 aromatic heterocycles. The summed E-state index contributed by atoms with van der Waals surface area (Å²) in [5.74, 6) is -0.704. The van der Waals surface area contributed by atoms with E-state index in [9.17, 15) is 20.0 Å². The van der Waals surface area contributed by atoms with Crippen molar-refractivity contribution in [2.24, 2.45) is 0 Å². The van der Waals surface area contributed by atoms with E-state index in [1.54, 1.807) is 6.07 Å². The third kappa shape index (κ3) is 4.04. The quantitative estimate of drug-likeness (QED) is 0.476. The number of nitro benzene ring substituents is 1. The minimum absolute atomic E-state index is 0.169. The molecule has 0 aliphatic rings. The maximum Gasteiger partial charge on any atom is 0.310 e. The van der Waals surface area contributed by atoms with E-state index in [-0.39, 0.29) is 23.8 Å². The van der Waals surface area contributed by atoms with Crippen molar-refractivity contribution >= 4 is 11.7 Å². The van der Waals surface area contributed by atoms with E-state index in [4.69, 9.17) is 4.74 Å². The number of phenolic OH excluding ortho intramolecular Hbond substituents is 1. The van der Waals surface area contributed by atoms with Crippen molar-refractivity contribution < 1.29 is 19.6 Å². The highest BCUT2D eigenvalue weighted by Gasteiger charge is 2.14. The van der Waals surface area contributed by atoms with Gasteiger partial charge in [0.2, 0.25) is 0 Å². The summed E-state index contributed by atoms with van der Waals surface area (Å²) in [4.78, 5) is 21.2. The van der Waals surface area contributed by atoms with Gasteiger partial charge in [-0.15, -0.1) is 0 Å². The van der Waals surface area contributed by atoms with Gasteiger partial charge in [0.25, 0.3) is 0 Å². The number of ether oxygens (including phenoxy) is 1. The number of nitrogens with zero attached hydrogens (tertiary/aromatic N) is 1. The fourth-order valence-electron chi connectivity index (χ4n) is 1.41. The Balaban J connectivity index is 2.60. The largest absolute Gasteiger partial charge is 0.502 e. The Hall–Kier alpha value is -2.11. The molecule has 1 aromatic carbocycles. The molecule has 0 bridgehead atoms. The van der Waals surface area contributed by atoms with E-state index in [1.807, 2.05) is 6.92 Å². The standard InChI is InChI=1S/C12H15NO5/c1-2-7-18-12(15)6-4-9-3-5-11(14)10(8-9)13(16)17/h3,5,8,14H,2,4,6-7H2,1H3. The molecule has 0 heterocycles. The number of carbonyl (C=O) groups is 1. The van der Waals surface area contributed by atoms with E-state index in [0.29, 0.717) is 18.6 Å². The highest BCUT2D eigenvalue weighted by Crippen LogP contribution is 2.26. The summed E-state index contributed by atoms with van der Waals surface area (Å²) in [6.45, 7) is 2.28. The average molecular weight is 253 g/mol. The zero-order chi connectivity index (χ0) is 13.5. The van der Waals surface area contributed by atoms with Gasteiger partial charge in [-0.05, 0) is 24.5 Å². The normalized spacial score (nSPS) is 10.1. The number of hydrogen-bond acceptors (Lipinski definition) is 5. The average Bonchev–Trinajstić information content (AvgIpc) is 2.35. The molecule has 0 saturated carbocycles. The number of aromatic hydroxyl groups is 1. The van der Waals surface area contributed by atoms with Crippen LogP contribution in [0.15, 0.2) is 18.2 Å². The number of aryl methyl sites for hydroxylation is 1. The first-order valence-corrected chi connectivity index (χ1v) is 5.66. The Kier molecular flexibility index (Phi) is 5.10. The maximum atomic E-state index is 11.3. The fourth-order valence-corrected chi connectivity index (χ4v) is 1.41. The van der Waals surface area contributed by atoms with Crippen LogP contribution in [0.4, 0.5) is 5.69 Å². The summed E-state index contributed by atoms with van der Waals surface area (Å²) >= 11 is 0. The van der Waals surface area contributed by atoms with Gasteiger partial charge in [-0.3, -0.25) is 14.9 Å². The first kappa shape index (κ1) is 14.0. The van der Waals surface area contributed by atoms with Gasteiger partial charge < -0.3 is 9.84 Å². The molecule has 0 amide bonds. The molecule has 0 saturated heterocycles. The zero-order valence-electron chi connectivity index (χ0n) is 10.1. The molecule has 0 aliphatic carbocycles. The van der Waals surface area contributed by atoms with Crippen LogP contribution in [-0.2, 0) is 16.0 Å². The molecule has 0 atom stereocenters. The minimum atomic E-state index is -0.658. The summed E-state index contributed by atoms with van der Waals surface area (Å²) in [7, 11) is 0. The Morgan fingerprint density at radius 1 is 1.50 bits per heavy atom. The monoisotopic (exact) mass is 253 g/mol. The van der Waals surface area contributed by atoms with Gasteiger partial charge in [-0.25, -0.2) is 0 Å². The molecule has 98 valence electrons. The van der Waals surface area contributed by atoms with E-state index >= 15 is 0 Å². The summed E-state index contributed by atoms with van der Waals surface area (Å²) in [6.07, 6.45) is 1.28. The smallest absolute Gasteiger partial charge is 0.310 e. The molecule has 1 aromatic rings. The third-order valence-electron chi connectivity index (χ3n) is 2.32. The lowest BCUT2D eigenvalue weighted by Gasteiger charge is -2.04. The number of carbonyl (C=O) groups excluding carboxylic acids is 1. The van der Waals surface area contributed by atoms with E-state index in [1.165, 1.54) is 12.1 Å². The number of rotatable bonds is 6. The first-order chi connectivity index (χ1) is 8.54. The van der Waals surface area contributed by atoms with Gasteiger partial charge in [0.15, 0.2) is 5.75 Å². The van der Waals surface area contributed by atoms with Crippen LogP contribution in [-0.4, -0.2) is 22.6 Å². The van der Waals surface area contributed by atoms with Gasteiger partial charge in [-0.1, -0.05) is 13.0 Å². The van der Waals surface area contributed by atoms with Crippen LogP contribution in [0.3, 0.4) is 0 Å². The molecular weight excluding hydrogens is 238 g/mol. The van der Waals surface area contributed by atoms with Gasteiger partial charge in [0.05, 0.1) is 11.5 Å². The molecule has 18 heavy (non-hydrogen) atoms. The van der Waals surface area contributed by atoms with Crippen molar-refractivity contribution in [1.29, 1.82) is 0 Å².